The summed E-state index contributed by atoms with van der Waals surface area (Å²) in [7, 11) is 0. The summed E-state index contributed by atoms with van der Waals surface area (Å²) in [6, 6.07) is 4.46. The van der Waals surface area contributed by atoms with E-state index < -0.39 is 5.82 Å². The van der Waals surface area contributed by atoms with E-state index in [0.717, 1.165) is 6.42 Å². The van der Waals surface area contributed by atoms with Crippen LogP contribution in [0.2, 0.25) is 5.02 Å². The van der Waals surface area contributed by atoms with Crippen molar-refractivity contribution in [2.75, 3.05) is 13.2 Å². The van der Waals surface area contributed by atoms with E-state index in [4.69, 9.17) is 25.8 Å². The van der Waals surface area contributed by atoms with Gasteiger partial charge in [-0.25, -0.2) is 14.4 Å². The van der Waals surface area contributed by atoms with Crippen LogP contribution in [0.5, 0.6) is 17.4 Å². The fraction of sp³-hybridized carbons (Fsp3) is 0.286. The maximum Gasteiger partial charge on any atom is 0.241 e. The van der Waals surface area contributed by atoms with Crippen molar-refractivity contribution in [2.45, 2.75) is 12.5 Å². The van der Waals surface area contributed by atoms with Crippen molar-refractivity contribution in [3.8, 4) is 17.4 Å². The summed E-state index contributed by atoms with van der Waals surface area (Å²) >= 11 is 5.92. The Bertz CT molecular complexity index is 635. The smallest absolute Gasteiger partial charge is 0.241 e. The third-order valence-corrected chi connectivity index (χ3v) is 3.20. The van der Waals surface area contributed by atoms with Crippen LogP contribution < -0.4 is 9.47 Å². The van der Waals surface area contributed by atoms with E-state index in [9.17, 15) is 4.39 Å². The molecule has 0 N–H and O–H groups in total. The van der Waals surface area contributed by atoms with Crippen molar-refractivity contribution < 1.29 is 18.6 Å². The van der Waals surface area contributed by atoms with Gasteiger partial charge in [-0.3, -0.25) is 0 Å². The molecule has 0 amide bonds. The lowest BCUT2D eigenvalue weighted by Gasteiger charge is -2.16. The molecule has 0 radical (unpaired) electrons. The Balaban J connectivity index is 1.87. The Kier molecular flexibility index (Phi) is 4.17. The minimum Gasteiger partial charge on any atom is -0.484 e. The quantitative estimate of drug-likeness (QED) is 0.868. The molecule has 21 heavy (non-hydrogen) atoms. The molecule has 1 saturated heterocycles. The maximum absolute atomic E-state index is 14.0. The summed E-state index contributed by atoms with van der Waals surface area (Å²) in [5.74, 6) is -0.240. The third-order valence-electron chi connectivity index (χ3n) is 2.94. The zero-order chi connectivity index (χ0) is 14.7. The van der Waals surface area contributed by atoms with Crippen molar-refractivity contribution in [2.24, 2.45) is 0 Å². The van der Waals surface area contributed by atoms with Gasteiger partial charge in [0, 0.05) is 6.42 Å². The zero-order valence-corrected chi connectivity index (χ0v) is 11.7. The molecule has 0 spiro atoms. The van der Waals surface area contributed by atoms with Crippen LogP contribution in [0.15, 0.2) is 30.7 Å². The Morgan fingerprint density at radius 3 is 3.05 bits per heavy atom. The summed E-state index contributed by atoms with van der Waals surface area (Å²) in [6.45, 7) is 1.11. The number of rotatable bonds is 4. The predicted molar refractivity (Wildman–Crippen MR) is 73.4 cm³/mol. The van der Waals surface area contributed by atoms with Crippen LogP contribution in [0.3, 0.4) is 0 Å². The molecule has 1 aliphatic heterocycles. The van der Waals surface area contributed by atoms with Gasteiger partial charge in [-0.05, 0) is 12.1 Å². The molecule has 3 rings (SSSR count). The summed E-state index contributed by atoms with van der Waals surface area (Å²) in [4.78, 5) is 7.63. The molecule has 1 aromatic carbocycles. The molecule has 1 aliphatic rings. The average Bonchev–Trinajstić information content (AvgIpc) is 2.98. The van der Waals surface area contributed by atoms with Gasteiger partial charge in [0.1, 0.15) is 17.5 Å². The lowest BCUT2D eigenvalue weighted by molar-refractivity contribution is 0.138. The van der Waals surface area contributed by atoms with Gasteiger partial charge in [-0.15, -0.1) is 0 Å². The Labute approximate surface area is 125 Å². The van der Waals surface area contributed by atoms with E-state index in [0.29, 0.717) is 19.0 Å². The summed E-state index contributed by atoms with van der Waals surface area (Å²) in [5, 5.41) is 0.191. The highest BCUT2D eigenvalue weighted by Crippen LogP contribution is 2.36. The molecule has 1 atom stereocenters. The summed E-state index contributed by atoms with van der Waals surface area (Å²) in [6.07, 6.45) is 3.28. The van der Waals surface area contributed by atoms with Crippen LogP contribution in [0.1, 0.15) is 6.42 Å². The molecule has 7 heteroatoms. The number of halogens is 2. The molecular weight excluding hydrogens is 299 g/mol. The minimum atomic E-state index is -0.555. The van der Waals surface area contributed by atoms with E-state index in [-0.39, 0.29) is 22.8 Å². The summed E-state index contributed by atoms with van der Waals surface area (Å²) in [5.41, 5.74) is 0. The van der Waals surface area contributed by atoms with Crippen LogP contribution in [-0.4, -0.2) is 29.3 Å². The normalized spacial score (nSPS) is 17.7. The Morgan fingerprint density at radius 1 is 1.38 bits per heavy atom. The van der Waals surface area contributed by atoms with Crippen molar-refractivity contribution >= 4 is 11.6 Å². The van der Waals surface area contributed by atoms with Gasteiger partial charge in [0.15, 0.2) is 11.6 Å². The van der Waals surface area contributed by atoms with Crippen LogP contribution in [0.25, 0.3) is 0 Å². The molecule has 0 bridgehead atoms. The fourth-order valence-corrected chi connectivity index (χ4v) is 2.08. The van der Waals surface area contributed by atoms with Crippen molar-refractivity contribution in [3.63, 3.8) is 0 Å². The molecule has 2 heterocycles. The monoisotopic (exact) mass is 310 g/mol. The van der Waals surface area contributed by atoms with Gasteiger partial charge in [0.2, 0.25) is 11.6 Å². The maximum atomic E-state index is 14.0. The van der Waals surface area contributed by atoms with Crippen LogP contribution in [-0.2, 0) is 4.74 Å². The molecular formula is C14H12ClFN2O3. The lowest BCUT2D eigenvalue weighted by atomic mass is 10.3. The van der Waals surface area contributed by atoms with Gasteiger partial charge in [-0.1, -0.05) is 17.7 Å². The van der Waals surface area contributed by atoms with Crippen molar-refractivity contribution in [1.82, 2.24) is 9.97 Å². The molecule has 2 aromatic rings. The predicted octanol–water partition coefficient (Wildman–Crippen LogP) is 3.23. The number of para-hydroxylation sites is 1. The van der Waals surface area contributed by atoms with Gasteiger partial charge < -0.3 is 14.2 Å². The topological polar surface area (TPSA) is 53.5 Å². The summed E-state index contributed by atoms with van der Waals surface area (Å²) < 4.78 is 30.4. The highest BCUT2D eigenvalue weighted by Gasteiger charge is 2.21. The standard InChI is InChI=1S/C14H12ClFN2O3/c15-10-6-17-8-18-14(10)21-13-11(16)2-1-3-12(13)20-9-4-5-19-7-9/h1-3,6,8-9H,4-5,7H2. The van der Waals surface area contributed by atoms with E-state index in [1.165, 1.54) is 18.6 Å². The molecule has 1 fully saturated rings. The number of ether oxygens (including phenoxy) is 3. The van der Waals surface area contributed by atoms with Gasteiger partial charge in [0.25, 0.3) is 0 Å². The lowest BCUT2D eigenvalue weighted by Crippen LogP contribution is -2.16. The number of hydrogen-bond donors (Lipinski definition) is 0. The number of nitrogens with zero attached hydrogens (tertiary/aromatic N) is 2. The first-order chi connectivity index (χ1) is 10.2. The number of benzene rings is 1. The van der Waals surface area contributed by atoms with E-state index in [2.05, 4.69) is 9.97 Å². The van der Waals surface area contributed by atoms with Gasteiger partial charge in [-0.2, -0.15) is 0 Å². The second kappa shape index (κ2) is 6.24. The highest BCUT2D eigenvalue weighted by atomic mass is 35.5. The van der Waals surface area contributed by atoms with Crippen molar-refractivity contribution in [1.29, 1.82) is 0 Å². The fourth-order valence-electron chi connectivity index (χ4n) is 1.94. The SMILES string of the molecule is Fc1cccc(OC2CCOC2)c1Oc1ncncc1Cl. The second-order valence-electron chi connectivity index (χ2n) is 4.45. The zero-order valence-electron chi connectivity index (χ0n) is 11.0. The average molecular weight is 311 g/mol. The minimum absolute atomic E-state index is 0.0509. The van der Waals surface area contributed by atoms with Crippen LogP contribution in [0.4, 0.5) is 4.39 Å². The molecule has 0 saturated carbocycles. The van der Waals surface area contributed by atoms with Crippen LogP contribution >= 0.6 is 11.6 Å². The molecule has 5 nitrogen and oxygen atoms in total. The van der Waals surface area contributed by atoms with Crippen LogP contribution in [0, 0.1) is 5.82 Å². The second-order valence-corrected chi connectivity index (χ2v) is 4.86. The first-order valence-electron chi connectivity index (χ1n) is 6.40. The van der Waals surface area contributed by atoms with E-state index >= 15 is 0 Å². The Hall–Kier alpha value is -1.92. The van der Waals surface area contributed by atoms with Crippen molar-refractivity contribution in [3.05, 3.63) is 41.6 Å². The van der Waals surface area contributed by atoms with E-state index in [1.807, 2.05) is 0 Å². The first-order valence-corrected chi connectivity index (χ1v) is 6.78. The van der Waals surface area contributed by atoms with E-state index in [1.54, 1.807) is 12.1 Å². The first kappa shape index (κ1) is 14.0. The molecule has 110 valence electrons. The number of aromatic nitrogens is 2. The van der Waals surface area contributed by atoms with Gasteiger partial charge >= 0.3 is 0 Å². The highest BCUT2D eigenvalue weighted by molar-refractivity contribution is 6.31. The molecule has 0 aliphatic carbocycles. The Morgan fingerprint density at radius 2 is 2.29 bits per heavy atom. The third kappa shape index (κ3) is 3.22. The van der Waals surface area contributed by atoms with Gasteiger partial charge in [0.05, 0.1) is 19.4 Å². The molecule has 1 unspecified atom stereocenters. The largest absolute Gasteiger partial charge is 0.484 e. The number of hydrogen-bond acceptors (Lipinski definition) is 5. The molecule has 1 aromatic heterocycles.